The van der Waals surface area contributed by atoms with E-state index in [1.807, 2.05) is 31.2 Å². The molecule has 4 rings (SSSR count). The Balaban J connectivity index is 1.36. The van der Waals surface area contributed by atoms with Crippen LogP contribution in [0.15, 0.2) is 48.5 Å². The average Bonchev–Trinajstić information content (AvgIpc) is 3.19. The number of rotatable bonds is 8. The van der Waals surface area contributed by atoms with Crippen molar-refractivity contribution in [1.82, 2.24) is 10.6 Å². The summed E-state index contributed by atoms with van der Waals surface area (Å²) >= 11 is 0. The second kappa shape index (κ2) is 10.5. The average molecular weight is 479 g/mol. The Hall–Kier alpha value is -3.35. The summed E-state index contributed by atoms with van der Waals surface area (Å²) in [5, 5.41) is 15.1. The highest BCUT2D eigenvalue weighted by atomic mass is 16.5. The molecule has 3 N–H and O–H groups in total. The maximum atomic E-state index is 13.0. The summed E-state index contributed by atoms with van der Waals surface area (Å²) in [6.45, 7) is 3.95. The fraction of sp³-hybridized carbons (Fsp3) is 0.464. The molecule has 1 saturated carbocycles. The van der Waals surface area contributed by atoms with Gasteiger partial charge in [-0.25, -0.2) is 4.79 Å². The number of hydrogen-bond acceptors (Lipinski definition) is 4. The van der Waals surface area contributed by atoms with Gasteiger partial charge in [-0.2, -0.15) is 0 Å². The number of carboxylic acid groups (broad SMARTS) is 1. The van der Waals surface area contributed by atoms with Gasteiger partial charge in [-0.15, -0.1) is 0 Å². The number of amides is 2. The van der Waals surface area contributed by atoms with Gasteiger partial charge in [0.05, 0.1) is 5.92 Å². The van der Waals surface area contributed by atoms with Crippen LogP contribution in [0, 0.1) is 11.8 Å². The lowest BCUT2D eigenvalue weighted by Gasteiger charge is -2.32. The van der Waals surface area contributed by atoms with Gasteiger partial charge in [0.1, 0.15) is 12.1 Å². The second-order valence-corrected chi connectivity index (χ2v) is 9.84. The van der Waals surface area contributed by atoms with Crippen LogP contribution in [0.5, 0.6) is 0 Å². The molecule has 2 aliphatic carbocycles. The van der Waals surface area contributed by atoms with Crippen LogP contribution in [-0.4, -0.2) is 41.8 Å². The molecule has 1 unspecified atom stereocenters. The monoisotopic (exact) mass is 478 g/mol. The molecule has 7 nitrogen and oxygen atoms in total. The molecule has 0 spiro atoms. The number of hydrogen-bond donors (Lipinski definition) is 3. The molecule has 3 atom stereocenters. The first-order chi connectivity index (χ1) is 16.8. The van der Waals surface area contributed by atoms with E-state index in [-0.39, 0.29) is 30.9 Å². The van der Waals surface area contributed by atoms with Crippen molar-refractivity contribution in [1.29, 1.82) is 0 Å². The molecular weight excluding hydrogens is 444 g/mol. The number of carboxylic acids is 1. The van der Waals surface area contributed by atoms with Gasteiger partial charge in [0.15, 0.2) is 0 Å². The summed E-state index contributed by atoms with van der Waals surface area (Å²) in [7, 11) is 0. The third kappa shape index (κ3) is 5.19. The van der Waals surface area contributed by atoms with Crippen LogP contribution < -0.4 is 10.6 Å². The summed E-state index contributed by atoms with van der Waals surface area (Å²) in [5.41, 5.74) is 3.39. The van der Waals surface area contributed by atoms with Crippen LogP contribution in [0.2, 0.25) is 0 Å². The minimum atomic E-state index is -1.16. The number of aliphatic carboxylic acids is 1. The number of carbonyl (C=O) groups is 3. The summed E-state index contributed by atoms with van der Waals surface area (Å²) in [6, 6.07) is 16.2. The predicted molar refractivity (Wildman–Crippen MR) is 133 cm³/mol. The number of nitrogens with one attached hydrogen (secondary N) is 2. The minimum Gasteiger partial charge on any atom is -0.481 e. The van der Waals surface area contributed by atoms with Crippen molar-refractivity contribution in [2.75, 3.05) is 13.2 Å². The van der Waals surface area contributed by atoms with Gasteiger partial charge >= 0.3 is 12.1 Å². The first-order valence-electron chi connectivity index (χ1n) is 12.5. The molecule has 0 aliphatic heterocycles. The zero-order valence-corrected chi connectivity index (χ0v) is 20.4. The lowest BCUT2D eigenvalue weighted by atomic mass is 9.79. The van der Waals surface area contributed by atoms with E-state index in [4.69, 9.17) is 4.74 Å². The Morgan fingerprint density at radius 1 is 1.00 bits per heavy atom. The van der Waals surface area contributed by atoms with Crippen molar-refractivity contribution in [3.8, 4) is 11.1 Å². The lowest BCUT2D eigenvalue weighted by molar-refractivity contribution is -0.145. The van der Waals surface area contributed by atoms with Gasteiger partial charge in [0.2, 0.25) is 5.91 Å². The Morgan fingerprint density at radius 2 is 1.60 bits per heavy atom. The summed E-state index contributed by atoms with van der Waals surface area (Å²) < 4.78 is 5.62. The highest BCUT2D eigenvalue weighted by molar-refractivity contribution is 5.89. The SMILES string of the molecule is CCC(C)(NC(=O)OCC1c2ccccc2-c2ccccc21)C(=O)NC[C@H]1CCCC[C@H]1C(=O)O. The van der Waals surface area contributed by atoms with E-state index in [0.29, 0.717) is 12.8 Å². The number of fused-ring (bicyclic) bond motifs is 3. The van der Waals surface area contributed by atoms with Gasteiger partial charge in [-0.3, -0.25) is 9.59 Å². The molecule has 0 saturated heterocycles. The minimum absolute atomic E-state index is 0.0610. The maximum Gasteiger partial charge on any atom is 0.408 e. The number of carbonyl (C=O) groups excluding carboxylic acids is 2. The van der Waals surface area contributed by atoms with Gasteiger partial charge in [0.25, 0.3) is 0 Å². The standard InChI is InChI=1S/C28H34N2O5/c1-3-28(2,26(33)29-16-18-10-4-5-11-19(18)25(31)32)30-27(34)35-17-24-22-14-8-6-12-20(22)21-13-7-9-15-23(21)24/h6-9,12-15,18-19,24H,3-5,10-11,16-17H2,1-2H3,(H,29,33)(H,30,34)(H,31,32)/t18-,19-,28?/m1/s1. The van der Waals surface area contributed by atoms with E-state index in [0.717, 1.165) is 41.5 Å². The number of benzene rings is 2. The molecule has 7 heteroatoms. The van der Waals surface area contributed by atoms with E-state index in [2.05, 4.69) is 34.9 Å². The zero-order valence-electron chi connectivity index (χ0n) is 20.4. The molecule has 0 bridgehead atoms. The second-order valence-electron chi connectivity index (χ2n) is 9.84. The highest BCUT2D eigenvalue weighted by Crippen LogP contribution is 2.44. The molecule has 2 aliphatic rings. The van der Waals surface area contributed by atoms with Crippen molar-refractivity contribution in [2.45, 2.75) is 57.4 Å². The van der Waals surface area contributed by atoms with Crippen molar-refractivity contribution < 1.29 is 24.2 Å². The summed E-state index contributed by atoms with van der Waals surface area (Å²) in [6.07, 6.45) is 3.01. The van der Waals surface area contributed by atoms with Gasteiger partial charge in [-0.1, -0.05) is 68.3 Å². The highest BCUT2D eigenvalue weighted by Gasteiger charge is 2.37. The molecule has 186 valence electrons. The Kier molecular flexibility index (Phi) is 7.43. The van der Waals surface area contributed by atoms with Crippen molar-refractivity contribution >= 4 is 18.0 Å². The fourth-order valence-corrected chi connectivity index (χ4v) is 5.36. The molecule has 0 radical (unpaired) electrons. The largest absolute Gasteiger partial charge is 0.481 e. The summed E-state index contributed by atoms with van der Waals surface area (Å²) in [4.78, 5) is 37.3. The van der Waals surface area contributed by atoms with Crippen molar-refractivity contribution in [2.24, 2.45) is 11.8 Å². The van der Waals surface area contributed by atoms with Crippen LogP contribution in [-0.2, 0) is 14.3 Å². The maximum absolute atomic E-state index is 13.0. The van der Waals surface area contributed by atoms with E-state index >= 15 is 0 Å². The first kappa shape index (κ1) is 24.8. The normalized spacial score (nSPS) is 20.7. The number of alkyl carbamates (subject to hydrolysis) is 1. The van der Waals surface area contributed by atoms with Crippen molar-refractivity contribution in [3.05, 3.63) is 59.7 Å². The van der Waals surface area contributed by atoms with Gasteiger partial charge in [0, 0.05) is 12.5 Å². The quantitative estimate of drug-likeness (QED) is 0.510. The fourth-order valence-electron chi connectivity index (χ4n) is 5.36. The lowest BCUT2D eigenvalue weighted by Crippen LogP contribution is -2.57. The van der Waals surface area contributed by atoms with E-state index in [9.17, 15) is 19.5 Å². The van der Waals surface area contributed by atoms with Crippen LogP contribution in [0.4, 0.5) is 4.79 Å². The summed E-state index contributed by atoms with van der Waals surface area (Å²) in [5.74, 6) is -1.73. The van der Waals surface area contributed by atoms with Crippen LogP contribution >= 0.6 is 0 Å². The zero-order chi connectivity index (χ0) is 25.0. The van der Waals surface area contributed by atoms with E-state index in [1.54, 1.807) is 6.92 Å². The topological polar surface area (TPSA) is 105 Å². The van der Waals surface area contributed by atoms with Gasteiger partial charge in [-0.05, 0) is 54.4 Å². The number of ether oxygens (including phenoxy) is 1. The molecule has 2 aromatic rings. The molecule has 1 fully saturated rings. The van der Waals surface area contributed by atoms with Gasteiger partial charge < -0.3 is 20.5 Å². The Labute approximate surface area is 206 Å². The van der Waals surface area contributed by atoms with Crippen LogP contribution in [0.1, 0.15) is 63.0 Å². The van der Waals surface area contributed by atoms with Crippen molar-refractivity contribution in [3.63, 3.8) is 0 Å². The first-order valence-corrected chi connectivity index (χ1v) is 12.5. The molecule has 0 aromatic heterocycles. The molecule has 0 heterocycles. The van der Waals surface area contributed by atoms with E-state index in [1.165, 1.54) is 0 Å². The Bertz CT molecular complexity index is 1050. The third-order valence-electron chi connectivity index (χ3n) is 7.68. The smallest absolute Gasteiger partial charge is 0.408 e. The molecule has 2 aromatic carbocycles. The Morgan fingerprint density at radius 3 is 2.20 bits per heavy atom. The molecular formula is C28H34N2O5. The predicted octanol–water partition coefficient (Wildman–Crippen LogP) is 4.70. The van der Waals surface area contributed by atoms with Crippen LogP contribution in [0.3, 0.4) is 0 Å². The third-order valence-corrected chi connectivity index (χ3v) is 7.68. The van der Waals surface area contributed by atoms with Crippen LogP contribution in [0.25, 0.3) is 11.1 Å². The molecule has 2 amide bonds. The van der Waals surface area contributed by atoms with E-state index < -0.39 is 23.5 Å². The molecule has 35 heavy (non-hydrogen) atoms.